The molecule has 1 aromatic rings. The van der Waals surface area contributed by atoms with Crippen molar-refractivity contribution in [2.75, 3.05) is 0 Å². The summed E-state index contributed by atoms with van der Waals surface area (Å²) in [4.78, 5) is 0.141. The van der Waals surface area contributed by atoms with Crippen LogP contribution in [0.4, 0.5) is 0 Å². The Kier molecular flexibility index (Phi) is 4.17. The van der Waals surface area contributed by atoms with E-state index < -0.39 is 15.6 Å². The van der Waals surface area contributed by atoms with Crippen molar-refractivity contribution >= 4 is 21.6 Å². The first-order valence-electron chi connectivity index (χ1n) is 6.61. The van der Waals surface area contributed by atoms with Crippen molar-refractivity contribution in [2.45, 2.75) is 50.7 Å². The van der Waals surface area contributed by atoms with Gasteiger partial charge in [-0.05, 0) is 62.8 Å². The molecule has 0 heterocycles. The van der Waals surface area contributed by atoms with E-state index in [1.54, 1.807) is 13.0 Å². The lowest BCUT2D eigenvalue weighted by molar-refractivity contribution is 0.280. The second-order valence-electron chi connectivity index (χ2n) is 5.95. The molecule has 0 amide bonds. The molecular formula is C14H20ClNO3S. The Bertz CT molecular complexity index is 622. The summed E-state index contributed by atoms with van der Waals surface area (Å²) in [6.45, 7) is 5.24. The van der Waals surface area contributed by atoms with Gasteiger partial charge >= 0.3 is 0 Å². The van der Waals surface area contributed by atoms with E-state index in [0.717, 1.165) is 12.8 Å². The summed E-state index contributed by atoms with van der Waals surface area (Å²) in [5.41, 5.74) is 0.602. The number of halogens is 1. The van der Waals surface area contributed by atoms with E-state index in [9.17, 15) is 13.5 Å². The summed E-state index contributed by atoms with van der Waals surface area (Å²) in [5.74, 6) is 0.383. The van der Waals surface area contributed by atoms with E-state index in [4.69, 9.17) is 11.6 Å². The number of hydrogen-bond acceptors (Lipinski definition) is 3. The van der Waals surface area contributed by atoms with Crippen LogP contribution < -0.4 is 4.72 Å². The van der Waals surface area contributed by atoms with Gasteiger partial charge in [0.15, 0.2) is 0 Å². The van der Waals surface area contributed by atoms with Crippen LogP contribution in [-0.4, -0.2) is 19.1 Å². The molecular weight excluding hydrogens is 298 g/mol. The van der Waals surface area contributed by atoms with Gasteiger partial charge in [0, 0.05) is 10.6 Å². The molecule has 1 saturated carbocycles. The van der Waals surface area contributed by atoms with Crippen molar-refractivity contribution in [3.63, 3.8) is 0 Å². The van der Waals surface area contributed by atoms with Crippen LogP contribution >= 0.6 is 11.6 Å². The molecule has 1 aromatic carbocycles. The normalized spacial score (nSPS) is 16.4. The van der Waals surface area contributed by atoms with Gasteiger partial charge in [0.05, 0.1) is 11.5 Å². The van der Waals surface area contributed by atoms with Crippen LogP contribution in [0.3, 0.4) is 0 Å². The smallest absolute Gasteiger partial charge is 0.241 e. The van der Waals surface area contributed by atoms with E-state index in [1.807, 2.05) is 13.8 Å². The van der Waals surface area contributed by atoms with Gasteiger partial charge < -0.3 is 5.11 Å². The zero-order valence-corrected chi connectivity index (χ0v) is 13.5. The van der Waals surface area contributed by atoms with Crippen molar-refractivity contribution < 1.29 is 13.5 Å². The lowest BCUT2D eigenvalue weighted by atomic mass is 10.0. The molecule has 1 fully saturated rings. The molecule has 0 atom stereocenters. The summed E-state index contributed by atoms with van der Waals surface area (Å²) in [5, 5.41) is 9.60. The first kappa shape index (κ1) is 15.8. The summed E-state index contributed by atoms with van der Waals surface area (Å²) in [6.07, 6.45) is 2.10. The zero-order chi connectivity index (χ0) is 15.1. The third-order valence-corrected chi connectivity index (χ3v) is 5.90. The maximum absolute atomic E-state index is 12.6. The summed E-state index contributed by atoms with van der Waals surface area (Å²) < 4.78 is 27.9. The lowest BCUT2D eigenvalue weighted by Gasteiger charge is -2.26. The molecule has 112 valence electrons. The molecule has 0 radical (unpaired) electrons. The SMILES string of the molecule is Cc1c(CO)cc(Cl)cc1S(=O)(=O)NC(C)(C)C1CC1. The molecule has 0 bridgehead atoms. The van der Waals surface area contributed by atoms with Crippen LogP contribution in [0, 0.1) is 12.8 Å². The molecule has 4 nitrogen and oxygen atoms in total. The van der Waals surface area contributed by atoms with Gasteiger partial charge in [-0.25, -0.2) is 13.1 Å². The van der Waals surface area contributed by atoms with E-state index in [-0.39, 0.29) is 11.5 Å². The van der Waals surface area contributed by atoms with E-state index in [1.165, 1.54) is 6.07 Å². The topological polar surface area (TPSA) is 66.4 Å². The molecule has 0 saturated heterocycles. The molecule has 6 heteroatoms. The fourth-order valence-corrected chi connectivity index (χ4v) is 4.53. The fourth-order valence-electron chi connectivity index (χ4n) is 2.44. The second-order valence-corrected chi connectivity index (χ2v) is 8.03. The predicted molar refractivity (Wildman–Crippen MR) is 79.2 cm³/mol. The van der Waals surface area contributed by atoms with Crippen molar-refractivity contribution in [1.29, 1.82) is 0 Å². The highest BCUT2D eigenvalue weighted by molar-refractivity contribution is 7.89. The van der Waals surface area contributed by atoms with Crippen molar-refractivity contribution in [3.8, 4) is 0 Å². The van der Waals surface area contributed by atoms with Gasteiger partial charge in [-0.2, -0.15) is 0 Å². The van der Waals surface area contributed by atoms with Crippen LogP contribution in [0.25, 0.3) is 0 Å². The molecule has 2 N–H and O–H groups in total. The van der Waals surface area contributed by atoms with Crippen LogP contribution in [0.2, 0.25) is 5.02 Å². The number of benzene rings is 1. The third-order valence-electron chi connectivity index (χ3n) is 3.89. The van der Waals surface area contributed by atoms with Crippen molar-refractivity contribution in [2.24, 2.45) is 5.92 Å². The number of sulfonamides is 1. The van der Waals surface area contributed by atoms with Crippen molar-refractivity contribution in [3.05, 3.63) is 28.3 Å². The maximum Gasteiger partial charge on any atom is 0.241 e. The highest BCUT2D eigenvalue weighted by Crippen LogP contribution is 2.40. The Labute approximate surface area is 125 Å². The summed E-state index contributed by atoms with van der Waals surface area (Å²) >= 11 is 5.95. The number of rotatable bonds is 5. The van der Waals surface area contributed by atoms with Gasteiger partial charge in [0.2, 0.25) is 10.0 Å². The summed E-state index contributed by atoms with van der Waals surface area (Å²) in [6, 6.07) is 3.02. The molecule has 20 heavy (non-hydrogen) atoms. The van der Waals surface area contributed by atoms with Gasteiger partial charge in [0.25, 0.3) is 0 Å². The van der Waals surface area contributed by atoms with Crippen LogP contribution in [0.15, 0.2) is 17.0 Å². The predicted octanol–water partition coefficient (Wildman–Crippen LogP) is 2.61. The Morgan fingerprint density at radius 1 is 1.40 bits per heavy atom. The third kappa shape index (κ3) is 3.17. The Morgan fingerprint density at radius 3 is 2.50 bits per heavy atom. The number of hydrogen-bond donors (Lipinski definition) is 2. The minimum absolute atomic E-state index is 0.141. The molecule has 0 aliphatic heterocycles. The number of nitrogens with one attached hydrogen (secondary N) is 1. The van der Waals surface area contributed by atoms with Crippen molar-refractivity contribution in [1.82, 2.24) is 4.72 Å². The highest BCUT2D eigenvalue weighted by Gasteiger charge is 2.41. The molecule has 0 aromatic heterocycles. The first-order valence-corrected chi connectivity index (χ1v) is 8.47. The monoisotopic (exact) mass is 317 g/mol. The first-order chi connectivity index (χ1) is 9.17. The standard InChI is InChI=1S/C14H20ClNO3S/c1-9-10(8-17)6-12(15)7-13(9)20(18,19)16-14(2,3)11-4-5-11/h6-7,11,16-17H,4-5,8H2,1-3H3. The Morgan fingerprint density at radius 2 is 2.00 bits per heavy atom. The van der Waals surface area contributed by atoms with E-state index in [0.29, 0.717) is 22.1 Å². The molecule has 2 rings (SSSR count). The Balaban J connectivity index is 2.41. The number of aliphatic hydroxyl groups excluding tert-OH is 1. The van der Waals surface area contributed by atoms with Crippen LogP contribution in [0.5, 0.6) is 0 Å². The Hall–Kier alpha value is -0.620. The molecule has 0 spiro atoms. The lowest BCUT2D eigenvalue weighted by Crippen LogP contribution is -2.45. The van der Waals surface area contributed by atoms with Gasteiger partial charge in [0.1, 0.15) is 0 Å². The van der Waals surface area contributed by atoms with E-state index in [2.05, 4.69) is 4.72 Å². The van der Waals surface area contributed by atoms with Gasteiger partial charge in [-0.3, -0.25) is 0 Å². The highest BCUT2D eigenvalue weighted by atomic mass is 35.5. The average Bonchev–Trinajstić information content (AvgIpc) is 3.14. The minimum atomic E-state index is -3.65. The van der Waals surface area contributed by atoms with Gasteiger partial charge in [-0.1, -0.05) is 11.6 Å². The number of aliphatic hydroxyl groups is 1. The fraction of sp³-hybridized carbons (Fsp3) is 0.571. The van der Waals surface area contributed by atoms with Crippen LogP contribution in [0.1, 0.15) is 37.8 Å². The van der Waals surface area contributed by atoms with E-state index >= 15 is 0 Å². The quantitative estimate of drug-likeness (QED) is 0.877. The maximum atomic E-state index is 12.6. The molecule has 1 aliphatic carbocycles. The average molecular weight is 318 g/mol. The van der Waals surface area contributed by atoms with Gasteiger partial charge in [-0.15, -0.1) is 0 Å². The summed E-state index contributed by atoms with van der Waals surface area (Å²) in [7, 11) is -3.65. The molecule has 1 aliphatic rings. The molecule has 0 unspecified atom stereocenters. The largest absolute Gasteiger partial charge is 0.392 e. The van der Waals surface area contributed by atoms with Crippen LogP contribution in [-0.2, 0) is 16.6 Å². The second kappa shape index (κ2) is 5.30. The minimum Gasteiger partial charge on any atom is -0.392 e. The zero-order valence-electron chi connectivity index (χ0n) is 11.9.